The van der Waals surface area contributed by atoms with Gasteiger partial charge in [-0.1, -0.05) is 12.1 Å². The largest absolute Gasteiger partial charge is 0.397 e. The number of hydrogen-bond acceptors (Lipinski definition) is 4. The minimum Gasteiger partial charge on any atom is -0.397 e. The summed E-state index contributed by atoms with van der Waals surface area (Å²) in [7, 11) is 0. The van der Waals surface area contributed by atoms with Crippen LogP contribution in [-0.4, -0.2) is 11.5 Å². The number of aromatic nitrogens is 1. The SMILES string of the molecule is Nc1cccc2c1N(Cc1cncs1)CC2. The van der Waals surface area contributed by atoms with E-state index in [1.54, 1.807) is 11.3 Å². The van der Waals surface area contributed by atoms with Gasteiger partial charge in [-0.3, -0.25) is 4.98 Å². The number of nitrogens with two attached hydrogens (primary N) is 1. The van der Waals surface area contributed by atoms with Gasteiger partial charge in [0.2, 0.25) is 0 Å². The molecule has 2 aromatic rings. The molecule has 0 atom stereocenters. The molecule has 0 unspecified atom stereocenters. The number of rotatable bonds is 2. The molecule has 1 aliphatic heterocycles. The first-order valence-electron chi connectivity index (χ1n) is 5.34. The van der Waals surface area contributed by atoms with Crippen LogP contribution < -0.4 is 10.6 Å². The van der Waals surface area contributed by atoms with E-state index in [0.29, 0.717) is 0 Å². The second-order valence-electron chi connectivity index (χ2n) is 3.99. The minimum absolute atomic E-state index is 0.888. The summed E-state index contributed by atoms with van der Waals surface area (Å²) >= 11 is 1.70. The molecule has 1 aliphatic rings. The third kappa shape index (κ3) is 1.55. The van der Waals surface area contributed by atoms with Crippen LogP contribution in [0.3, 0.4) is 0 Å². The summed E-state index contributed by atoms with van der Waals surface area (Å²) in [5.74, 6) is 0. The first-order chi connectivity index (χ1) is 7.84. The van der Waals surface area contributed by atoms with E-state index in [1.807, 2.05) is 23.8 Å². The van der Waals surface area contributed by atoms with Gasteiger partial charge in [-0.05, 0) is 18.1 Å². The number of anilines is 2. The fourth-order valence-corrected chi connectivity index (χ4v) is 2.84. The van der Waals surface area contributed by atoms with E-state index < -0.39 is 0 Å². The van der Waals surface area contributed by atoms with E-state index in [4.69, 9.17) is 5.73 Å². The zero-order chi connectivity index (χ0) is 11.0. The van der Waals surface area contributed by atoms with Crippen molar-refractivity contribution >= 4 is 22.7 Å². The Labute approximate surface area is 98.5 Å². The number of para-hydroxylation sites is 1. The van der Waals surface area contributed by atoms with Crippen LogP contribution in [0.4, 0.5) is 11.4 Å². The number of nitrogens with zero attached hydrogens (tertiary/aromatic N) is 2. The number of benzene rings is 1. The Morgan fingerprint density at radius 2 is 2.38 bits per heavy atom. The van der Waals surface area contributed by atoms with Crippen molar-refractivity contribution in [3.8, 4) is 0 Å². The lowest BCUT2D eigenvalue weighted by molar-refractivity contribution is 0.845. The van der Waals surface area contributed by atoms with Crippen molar-refractivity contribution in [2.24, 2.45) is 0 Å². The van der Waals surface area contributed by atoms with Gasteiger partial charge >= 0.3 is 0 Å². The van der Waals surface area contributed by atoms with E-state index in [9.17, 15) is 0 Å². The Hall–Kier alpha value is -1.55. The van der Waals surface area contributed by atoms with Crippen LogP contribution in [0.15, 0.2) is 29.9 Å². The van der Waals surface area contributed by atoms with Crippen LogP contribution in [0.25, 0.3) is 0 Å². The Bertz CT molecular complexity index is 493. The summed E-state index contributed by atoms with van der Waals surface area (Å²) in [5.41, 5.74) is 11.4. The maximum absolute atomic E-state index is 6.04. The van der Waals surface area contributed by atoms with Gasteiger partial charge in [0.25, 0.3) is 0 Å². The van der Waals surface area contributed by atoms with Gasteiger partial charge in [-0.15, -0.1) is 11.3 Å². The molecule has 1 aromatic heterocycles. The van der Waals surface area contributed by atoms with E-state index in [0.717, 1.165) is 25.2 Å². The molecule has 1 aromatic carbocycles. The third-order valence-corrected chi connectivity index (χ3v) is 3.71. The fraction of sp³-hybridized carbons (Fsp3) is 0.250. The zero-order valence-corrected chi connectivity index (χ0v) is 9.70. The molecule has 3 rings (SSSR count). The summed E-state index contributed by atoms with van der Waals surface area (Å²) in [6.07, 6.45) is 3.03. The molecule has 3 nitrogen and oxygen atoms in total. The van der Waals surface area contributed by atoms with Crippen molar-refractivity contribution in [1.29, 1.82) is 0 Å². The predicted molar refractivity (Wildman–Crippen MR) is 67.7 cm³/mol. The van der Waals surface area contributed by atoms with E-state index in [2.05, 4.69) is 16.0 Å². The highest BCUT2D eigenvalue weighted by molar-refractivity contribution is 7.09. The van der Waals surface area contributed by atoms with Crippen molar-refractivity contribution in [2.45, 2.75) is 13.0 Å². The molecule has 0 saturated carbocycles. The summed E-state index contributed by atoms with van der Waals surface area (Å²) in [4.78, 5) is 7.74. The molecule has 82 valence electrons. The lowest BCUT2D eigenvalue weighted by atomic mass is 10.1. The predicted octanol–water partition coefficient (Wildman–Crippen LogP) is 2.29. The second kappa shape index (κ2) is 3.79. The molecule has 0 bridgehead atoms. The second-order valence-corrected chi connectivity index (χ2v) is 4.97. The van der Waals surface area contributed by atoms with Gasteiger partial charge in [-0.2, -0.15) is 0 Å². The Morgan fingerprint density at radius 1 is 1.44 bits per heavy atom. The standard InChI is InChI=1S/C12H13N3S/c13-11-3-1-2-9-4-5-15(12(9)11)7-10-6-14-8-16-10/h1-3,6,8H,4-5,7,13H2. The molecular weight excluding hydrogens is 218 g/mol. The van der Waals surface area contributed by atoms with Crippen molar-refractivity contribution in [3.63, 3.8) is 0 Å². The highest BCUT2D eigenvalue weighted by Crippen LogP contribution is 2.34. The molecule has 0 amide bonds. The highest BCUT2D eigenvalue weighted by atomic mass is 32.1. The molecule has 4 heteroatoms. The van der Waals surface area contributed by atoms with Gasteiger partial charge in [0.1, 0.15) is 0 Å². The quantitative estimate of drug-likeness (QED) is 0.806. The number of fused-ring (bicyclic) bond motifs is 1. The normalized spacial score (nSPS) is 14.1. The molecule has 2 heterocycles. The van der Waals surface area contributed by atoms with Crippen LogP contribution in [0.5, 0.6) is 0 Å². The molecule has 2 N–H and O–H groups in total. The van der Waals surface area contributed by atoms with Crippen molar-refractivity contribution in [1.82, 2.24) is 4.98 Å². The molecule has 0 saturated heterocycles. The number of hydrogen-bond donors (Lipinski definition) is 1. The number of nitrogen functional groups attached to an aromatic ring is 1. The average Bonchev–Trinajstić information content (AvgIpc) is 2.90. The van der Waals surface area contributed by atoms with Crippen molar-refractivity contribution in [2.75, 3.05) is 17.2 Å². The molecule has 0 spiro atoms. The Balaban J connectivity index is 1.91. The molecule has 0 fully saturated rings. The topological polar surface area (TPSA) is 42.1 Å². The molecule has 0 radical (unpaired) electrons. The minimum atomic E-state index is 0.888. The van der Waals surface area contributed by atoms with Crippen LogP contribution in [0.1, 0.15) is 10.4 Å². The Kier molecular flexibility index (Phi) is 2.29. The van der Waals surface area contributed by atoms with E-state index in [-0.39, 0.29) is 0 Å². The van der Waals surface area contributed by atoms with E-state index >= 15 is 0 Å². The van der Waals surface area contributed by atoms with Gasteiger partial charge in [0.05, 0.1) is 23.4 Å². The number of thiazole rings is 1. The van der Waals surface area contributed by atoms with E-state index in [1.165, 1.54) is 16.1 Å². The monoisotopic (exact) mass is 231 g/mol. The lowest BCUT2D eigenvalue weighted by Crippen LogP contribution is -2.19. The van der Waals surface area contributed by atoms with Crippen LogP contribution >= 0.6 is 11.3 Å². The maximum Gasteiger partial charge on any atom is 0.0794 e. The van der Waals surface area contributed by atoms with Crippen LogP contribution in [0, 0.1) is 0 Å². The van der Waals surface area contributed by atoms with Crippen molar-refractivity contribution in [3.05, 3.63) is 40.3 Å². The molecule has 0 aliphatic carbocycles. The van der Waals surface area contributed by atoms with Crippen LogP contribution in [0.2, 0.25) is 0 Å². The van der Waals surface area contributed by atoms with Gasteiger partial charge < -0.3 is 10.6 Å². The fourth-order valence-electron chi connectivity index (χ4n) is 2.23. The Morgan fingerprint density at radius 3 is 3.19 bits per heavy atom. The van der Waals surface area contributed by atoms with Crippen LogP contribution in [-0.2, 0) is 13.0 Å². The lowest BCUT2D eigenvalue weighted by Gasteiger charge is -2.19. The maximum atomic E-state index is 6.04. The van der Waals surface area contributed by atoms with Gasteiger partial charge in [0, 0.05) is 17.6 Å². The zero-order valence-electron chi connectivity index (χ0n) is 8.89. The van der Waals surface area contributed by atoms with Gasteiger partial charge in [-0.25, -0.2) is 0 Å². The highest BCUT2D eigenvalue weighted by Gasteiger charge is 2.21. The first-order valence-corrected chi connectivity index (χ1v) is 6.22. The summed E-state index contributed by atoms with van der Waals surface area (Å²) in [5, 5.41) is 0. The third-order valence-electron chi connectivity index (χ3n) is 2.95. The summed E-state index contributed by atoms with van der Waals surface area (Å²) in [6.45, 7) is 1.98. The van der Waals surface area contributed by atoms with Crippen molar-refractivity contribution < 1.29 is 0 Å². The summed E-state index contributed by atoms with van der Waals surface area (Å²) < 4.78 is 0. The van der Waals surface area contributed by atoms with Gasteiger partial charge in [0.15, 0.2) is 0 Å². The molecule has 16 heavy (non-hydrogen) atoms. The molecular formula is C12H13N3S. The smallest absolute Gasteiger partial charge is 0.0794 e. The summed E-state index contributed by atoms with van der Waals surface area (Å²) in [6, 6.07) is 6.17. The average molecular weight is 231 g/mol. The first kappa shape index (κ1) is 9.66.